The zero-order valence-electron chi connectivity index (χ0n) is 15.2. The quantitative estimate of drug-likeness (QED) is 0.730. The number of aromatic carboxylic acids is 1. The van der Waals surface area contributed by atoms with Gasteiger partial charge in [-0.3, -0.25) is 4.79 Å². The van der Waals surface area contributed by atoms with Crippen molar-refractivity contribution >= 4 is 23.2 Å². The first-order chi connectivity index (χ1) is 12.4. The highest BCUT2D eigenvalue weighted by Gasteiger charge is 2.21. The number of aryl methyl sites for hydroxylation is 1. The fraction of sp³-hybridized carbons (Fsp3) is 0.389. The lowest BCUT2D eigenvalue weighted by molar-refractivity contribution is 0.0700. The summed E-state index contributed by atoms with van der Waals surface area (Å²) in [6.45, 7) is 5.86. The standard InChI is InChI=1S/C18H22N2O5S/c1-5-8-25-14-9-12(24-4)6-7-13(14)16(21)19-11(3)17-20-10(2)15(26-17)18(22)23/h6-7,9,11H,5,8H2,1-4H3,(H,19,21)(H,22,23). The first kappa shape index (κ1) is 19.7. The van der Waals surface area contributed by atoms with Gasteiger partial charge in [-0.15, -0.1) is 11.3 Å². The summed E-state index contributed by atoms with van der Waals surface area (Å²) in [5.74, 6) is -0.300. The van der Waals surface area contributed by atoms with Crippen molar-refractivity contribution in [1.29, 1.82) is 0 Å². The second-order valence-electron chi connectivity index (χ2n) is 5.68. The van der Waals surface area contributed by atoms with Crippen molar-refractivity contribution in [2.24, 2.45) is 0 Å². The summed E-state index contributed by atoms with van der Waals surface area (Å²) in [6, 6.07) is 4.57. The van der Waals surface area contributed by atoms with Gasteiger partial charge in [0.25, 0.3) is 5.91 Å². The number of carboxylic acids is 1. The van der Waals surface area contributed by atoms with Gasteiger partial charge in [-0.25, -0.2) is 9.78 Å². The molecule has 0 spiro atoms. The minimum absolute atomic E-state index is 0.178. The molecule has 1 aromatic carbocycles. The zero-order valence-corrected chi connectivity index (χ0v) is 16.0. The summed E-state index contributed by atoms with van der Waals surface area (Å²) >= 11 is 1.06. The van der Waals surface area contributed by atoms with E-state index in [1.807, 2.05) is 6.92 Å². The van der Waals surface area contributed by atoms with E-state index >= 15 is 0 Å². The maximum atomic E-state index is 12.7. The maximum absolute atomic E-state index is 12.7. The van der Waals surface area contributed by atoms with Gasteiger partial charge in [-0.05, 0) is 32.4 Å². The van der Waals surface area contributed by atoms with E-state index in [-0.39, 0.29) is 10.8 Å². The fourth-order valence-corrected chi connectivity index (χ4v) is 3.19. The van der Waals surface area contributed by atoms with Crippen LogP contribution in [0.3, 0.4) is 0 Å². The van der Waals surface area contributed by atoms with E-state index in [0.717, 1.165) is 17.8 Å². The molecule has 140 valence electrons. The number of benzene rings is 1. The van der Waals surface area contributed by atoms with Gasteiger partial charge in [0.15, 0.2) is 0 Å². The number of rotatable bonds is 8. The van der Waals surface area contributed by atoms with E-state index < -0.39 is 12.0 Å². The van der Waals surface area contributed by atoms with E-state index in [9.17, 15) is 9.59 Å². The minimum Gasteiger partial charge on any atom is -0.497 e. The fourth-order valence-electron chi connectivity index (χ4n) is 2.29. The number of nitrogens with zero attached hydrogens (tertiary/aromatic N) is 1. The molecule has 0 bridgehead atoms. The van der Waals surface area contributed by atoms with Gasteiger partial charge >= 0.3 is 5.97 Å². The van der Waals surface area contributed by atoms with Crippen molar-refractivity contribution in [2.45, 2.75) is 33.2 Å². The van der Waals surface area contributed by atoms with Crippen LogP contribution in [0.25, 0.3) is 0 Å². The second kappa shape index (κ2) is 8.66. The molecule has 1 amide bonds. The van der Waals surface area contributed by atoms with Crippen molar-refractivity contribution in [3.8, 4) is 11.5 Å². The highest BCUT2D eigenvalue weighted by atomic mass is 32.1. The monoisotopic (exact) mass is 378 g/mol. The molecule has 8 heteroatoms. The van der Waals surface area contributed by atoms with Crippen molar-refractivity contribution in [1.82, 2.24) is 10.3 Å². The molecule has 2 aromatic rings. The van der Waals surface area contributed by atoms with Gasteiger partial charge in [0.2, 0.25) is 0 Å². The van der Waals surface area contributed by atoms with E-state index in [0.29, 0.717) is 34.4 Å². The van der Waals surface area contributed by atoms with E-state index in [4.69, 9.17) is 14.6 Å². The van der Waals surface area contributed by atoms with Crippen LogP contribution in [0.15, 0.2) is 18.2 Å². The van der Waals surface area contributed by atoms with Crippen LogP contribution in [0.1, 0.15) is 57.0 Å². The zero-order chi connectivity index (χ0) is 19.3. The summed E-state index contributed by atoms with van der Waals surface area (Å²) in [4.78, 5) is 28.3. The predicted octanol–water partition coefficient (Wildman–Crippen LogP) is 3.44. The Kier molecular flexibility index (Phi) is 6.57. The first-order valence-electron chi connectivity index (χ1n) is 8.19. The molecule has 0 saturated carbocycles. The number of hydrogen-bond donors (Lipinski definition) is 2. The Balaban J connectivity index is 2.20. The molecule has 0 aliphatic carbocycles. The largest absolute Gasteiger partial charge is 0.497 e. The number of ether oxygens (including phenoxy) is 2. The Morgan fingerprint density at radius 3 is 2.69 bits per heavy atom. The summed E-state index contributed by atoms with van der Waals surface area (Å²) in [5.41, 5.74) is 0.827. The Hall–Kier alpha value is -2.61. The van der Waals surface area contributed by atoms with Gasteiger partial charge < -0.3 is 19.9 Å². The lowest BCUT2D eigenvalue weighted by atomic mass is 10.1. The lowest BCUT2D eigenvalue weighted by Crippen LogP contribution is -2.27. The second-order valence-corrected chi connectivity index (χ2v) is 6.71. The van der Waals surface area contributed by atoms with E-state index in [1.54, 1.807) is 39.2 Å². The molecular weight excluding hydrogens is 356 g/mol. The summed E-state index contributed by atoms with van der Waals surface area (Å²) < 4.78 is 10.8. The average Bonchev–Trinajstić information content (AvgIpc) is 3.01. The van der Waals surface area contributed by atoms with Gasteiger partial charge in [-0.1, -0.05) is 6.92 Å². The number of carboxylic acid groups (broad SMARTS) is 1. The summed E-state index contributed by atoms with van der Waals surface area (Å²) in [7, 11) is 1.55. The molecule has 0 radical (unpaired) electrons. The number of hydrogen-bond acceptors (Lipinski definition) is 6. The van der Waals surface area contributed by atoms with Crippen molar-refractivity contribution in [2.75, 3.05) is 13.7 Å². The van der Waals surface area contributed by atoms with Crippen LogP contribution in [0.2, 0.25) is 0 Å². The smallest absolute Gasteiger partial charge is 0.347 e. The van der Waals surface area contributed by atoms with Gasteiger partial charge in [-0.2, -0.15) is 0 Å². The molecule has 2 rings (SSSR count). The molecule has 0 aliphatic rings. The van der Waals surface area contributed by atoms with Crippen LogP contribution < -0.4 is 14.8 Å². The van der Waals surface area contributed by atoms with Crippen molar-refractivity contribution in [3.63, 3.8) is 0 Å². The van der Waals surface area contributed by atoms with Crippen molar-refractivity contribution in [3.05, 3.63) is 39.3 Å². The number of thiazole rings is 1. The van der Waals surface area contributed by atoms with E-state index in [1.165, 1.54) is 0 Å². The molecule has 1 unspecified atom stereocenters. The topological polar surface area (TPSA) is 97.8 Å². The summed E-state index contributed by atoms with van der Waals surface area (Å²) in [5, 5.41) is 12.5. The van der Waals surface area contributed by atoms with Crippen LogP contribution in [0.5, 0.6) is 11.5 Å². The lowest BCUT2D eigenvalue weighted by Gasteiger charge is -2.15. The Bertz CT molecular complexity index is 803. The minimum atomic E-state index is -1.02. The van der Waals surface area contributed by atoms with Crippen LogP contribution in [0.4, 0.5) is 0 Å². The third kappa shape index (κ3) is 4.51. The van der Waals surface area contributed by atoms with Crippen LogP contribution in [-0.2, 0) is 0 Å². The van der Waals surface area contributed by atoms with Crippen molar-refractivity contribution < 1.29 is 24.2 Å². The normalized spacial score (nSPS) is 11.7. The van der Waals surface area contributed by atoms with E-state index in [2.05, 4.69) is 10.3 Å². The van der Waals surface area contributed by atoms with Gasteiger partial charge in [0.1, 0.15) is 21.4 Å². The Morgan fingerprint density at radius 1 is 1.38 bits per heavy atom. The van der Waals surface area contributed by atoms with Crippen LogP contribution in [0, 0.1) is 6.92 Å². The number of amides is 1. The van der Waals surface area contributed by atoms with Gasteiger partial charge in [0, 0.05) is 6.07 Å². The maximum Gasteiger partial charge on any atom is 0.347 e. The molecular formula is C18H22N2O5S. The molecule has 0 saturated heterocycles. The molecule has 1 atom stereocenters. The molecule has 0 aliphatic heterocycles. The van der Waals surface area contributed by atoms with Crippen LogP contribution in [-0.4, -0.2) is 35.7 Å². The predicted molar refractivity (Wildman–Crippen MR) is 98.5 cm³/mol. The molecule has 2 N–H and O–H groups in total. The molecule has 0 fully saturated rings. The Morgan fingerprint density at radius 2 is 2.12 bits per heavy atom. The number of methoxy groups -OCH3 is 1. The SMILES string of the molecule is CCCOc1cc(OC)ccc1C(=O)NC(C)c1nc(C)c(C(=O)O)s1. The highest BCUT2D eigenvalue weighted by molar-refractivity contribution is 7.13. The molecule has 7 nitrogen and oxygen atoms in total. The molecule has 1 aromatic heterocycles. The number of carbonyl (C=O) groups is 2. The number of nitrogens with one attached hydrogen (secondary N) is 1. The highest BCUT2D eigenvalue weighted by Crippen LogP contribution is 2.27. The van der Waals surface area contributed by atoms with Crippen LogP contribution >= 0.6 is 11.3 Å². The third-order valence-corrected chi connectivity index (χ3v) is 4.95. The molecule has 26 heavy (non-hydrogen) atoms. The number of aromatic nitrogens is 1. The third-order valence-electron chi connectivity index (χ3n) is 3.62. The average molecular weight is 378 g/mol. The summed E-state index contributed by atoms with van der Waals surface area (Å²) in [6.07, 6.45) is 0.811. The molecule has 1 heterocycles. The number of carbonyl (C=O) groups excluding carboxylic acids is 1. The Labute approximate surface area is 156 Å². The van der Waals surface area contributed by atoms with Gasteiger partial charge in [0.05, 0.1) is 31.0 Å². The first-order valence-corrected chi connectivity index (χ1v) is 9.01.